The van der Waals surface area contributed by atoms with Crippen LogP contribution in [0.1, 0.15) is 43.7 Å². The van der Waals surface area contributed by atoms with Crippen molar-refractivity contribution in [3.05, 3.63) is 69.5 Å². The number of hydrogen-bond donors (Lipinski definition) is 1. The van der Waals surface area contributed by atoms with Gasteiger partial charge in [-0.15, -0.1) is 11.8 Å². The van der Waals surface area contributed by atoms with Crippen molar-refractivity contribution in [1.82, 2.24) is 10.2 Å². The molecule has 1 saturated carbocycles. The van der Waals surface area contributed by atoms with Gasteiger partial charge < -0.3 is 10.2 Å². The summed E-state index contributed by atoms with van der Waals surface area (Å²) in [5.41, 5.74) is 1.22. The van der Waals surface area contributed by atoms with Crippen LogP contribution in [-0.2, 0) is 21.9 Å². The lowest BCUT2D eigenvalue weighted by Gasteiger charge is -2.29. The lowest BCUT2D eigenvalue weighted by molar-refractivity contribution is -0.138. The van der Waals surface area contributed by atoms with E-state index in [4.69, 9.17) is 23.2 Å². The largest absolute Gasteiger partial charge is 0.352 e. The zero-order chi connectivity index (χ0) is 23.1. The summed E-state index contributed by atoms with van der Waals surface area (Å²) in [4.78, 5) is 27.6. The molecule has 1 fully saturated rings. The van der Waals surface area contributed by atoms with Crippen LogP contribution in [0.4, 0.5) is 4.39 Å². The fourth-order valence-electron chi connectivity index (χ4n) is 3.80. The molecule has 0 bridgehead atoms. The number of hydrogen-bond acceptors (Lipinski definition) is 3. The molecule has 3 rings (SSSR count). The van der Waals surface area contributed by atoms with Gasteiger partial charge in [-0.3, -0.25) is 9.59 Å². The average Bonchev–Trinajstić information content (AvgIpc) is 3.26. The first kappa shape index (κ1) is 24.9. The molecular weight excluding hydrogens is 470 g/mol. The van der Waals surface area contributed by atoms with Gasteiger partial charge in [-0.1, -0.05) is 54.2 Å². The molecular formula is C24H27Cl2FN2O2S. The molecule has 0 spiro atoms. The van der Waals surface area contributed by atoms with E-state index in [1.54, 1.807) is 36.1 Å². The highest BCUT2D eigenvalue weighted by Crippen LogP contribution is 2.25. The summed E-state index contributed by atoms with van der Waals surface area (Å²) < 4.78 is 14.0. The minimum atomic E-state index is -0.639. The first-order valence-electron chi connectivity index (χ1n) is 10.7. The first-order valence-corrected chi connectivity index (χ1v) is 12.6. The van der Waals surface area contributed by atoms with Crippen molar-refractivity contribution in [1.29, 1.82) is 0 Å². The molecule has 0 heterocycles. The Morgan fingerprint density at radius 1 is 1.19 bits per heavy atom. The molecule has 172 valence electrons. The van der Waals surface area contributed by atoms with Crippen molar-refractivity contribution >= 4 is 46.8 Å². The maximum atomic E-state index is 14.0. The number of nitrogens with one attached hydrogen (secondary N) is 1. The number of benzene rings is 2. The van der Waals surface area contributed by atoms with Crippen molar-refractivity contribution in [3.63, 3.8) is 0 Å². The van der Waals surface area contributed by atoms with E-state index in [-0.39, 0.29) is 35.9 Å². The van der Waals surface area contributed by atoms with Crippen molar-refractivity contribution in [2.24, 2.45) is 0 Å². The van der Waals surface area contributed by atoms with Gasteiger partial charge in [0, 0.05) is 33.9 Å². The van der Waals surface area contributed by atoms with Crippen molar-refractivity contribution in [2.75, 3.05) is 5.75 Å². The van der Waals surface area contributed by atoms with E-state index in [9.17, 15) is 14.0 Å². The second kappa shape index (κ2) is 11.9. The summed E-state index contributed by atoms with van der Waals surface area (Å²) >= 11 is 13.5. The Hall–Kier alpha value is -1.76. The smallest absolute Gasteiger partial charge is 0.242 e. The predicted octanol–water partition coefficient (Wildman–Crippen LogP) is 5.84. The SMILES string of the molecule is C[C@@H](C(=O)NC1CCCC1)N(Cc1cccc(Cl)c1)C(=O)CSCc1c(F)cccc1Cl. The van der Waals surface area contributed by atoms with E-state index in [2.05, 4.69) is 5.32 Å². The minimum absolute atomic E-state index is 0.103. The van der Waals surface area contributed by atoms with Crippen LogP contribution >= 0.6 is 35.0 Å². The number of amides is 2. The fraction of sp³-hybridized carbons (Fsp3) is 0.417. The van der Waals surface area contributed by atoms with Gasteiger partial charge in [0.15, 0.2) is 0 Å². The fourth-order valence-corrected chi connectivity index (χ4v) is 5.26. The number of thioether (sulfide) groups is 1. The normalized spacial score (nSPS) is 14.9. The number of carbonyl (C=O) groups excluding carboxylic acids is 2. The van der Waals surface area contributed by atoms with Crippen molar-refractivity contribution < 1.29 is 14.0 Å². The molecule has 1 atom stereocenters. The van der Waals surface area contributed by atoms with E-state index in [1.807, 2.05) is 12.1 Å². The molecule has 1 aliphatic rings. The van der Waals surface area contributed by atoms with Crippen LogP contribution in [-0.4, -0.2) is 34.6 Å². The van der Waals surface area contributed by atoms with E-state index >= 15 is 0 Å². The molecule has 1 aliphatic carbocycles. The standard InChI is InChI=1S/C24H27Cl2FN2O2S/c1-16(24(31)28-19-8-2-3-9-19)29(13-17-6-4-7-18(25)12-17)23(30)15-32-14-20-21(26)10-5-11-22(20)27/h4-7,10-12,16,19H,2-3,8-9,13-15H2,1H3,(H,28,31)/t16-/m0/s1. The van der Waals surface area contributed by atoms with Gasteiger partial charge in [0.1, 0.15) is 11.9 Å². The molecule has 2 aromatic rings. The molecule has 2 aromatic carbocycles. The summed E-state index contributed by atoms with van der Waals surface area (Å²) in [6.45, 7) is 2.00. The molecule has 0 aromatic heterocycles. The maximum Gasteiger partial charge on any atom is 0.242 e. The molecule has 1 N–H and O–H groups in total. The molecule has 8 heteroatoms. The number of carbonyl (C=O) groups is 2. The van der Waals surface area contributed by atoms with Gasteiger partial charge >= 0.3 is 0 Å². The van der Waals surface area contributed by atoms with E-state index in [1.165, 1.54) is 17.8 Å². The predicted molar refractivity (Wildman–Crippen MR) is 129 cm³/mol. The van der Waals surface area contributed by atoms with Gasteiger partial charge in [0.2, 0.25) is 11.8 Å². The molecule has 2 amide bonds. The summed E-state index contributed by atoms with van der Waals surface area (Å²) in [6, 6.07) is 11.3. The summed E-state index contributed by atoms with van der Waals surface area (Å²) in [5.74, 6) is -0.375. The van der Waals surface area contributed by atoms with Gasteiger partial charge in [-0.2, -0.15) is 0 Å². The topological polar surface area (TPSA) is 49.4 Å². The van der Waals surface area contributed by atoms with Crippen molar-refractivity contribution in [2.45, 2.75) is 57.0 Å². The first-order chi connectivity index (χ1) is 15.3. The van der Waals surface area contributed by atoms with Gasteiger partial charge in [0.25, 0.3) is 0 Å². The monoisotopic (exact) mass is 496 g/mol. The zero-order valence-electron chi connectivity index (χ0n) is 18.0. The lowest BCUT2D eigenvalue weighted by Crippen LogP contribution is -2.50. The second-order valence-corrected chi connectivity index (χ2v) is 9.84. The third kappa shape index (κ3) is 6.87. The molecule has 32 heavy (non-hydrogen) atoms. The third-order valence-electron chi connectivity index (χ3n) is 5.64. The van der Waals surface area contributed by atoms with Crippen LogP contribution < -0.4 is 5.32 Å². The molecule has 4 nitrogen and oxygen atoms in total. The quantitative estimate of drug-likeness (QED) is 0.474. The van der Waals surface area contributed by atoms with Crippen LogP contribution in [0.2, 0.25) is 10.0 Å². The van der Waals surface area contributed by atoms with Gasteiger partial charge in [0.05, 0.1) is 5.75 Å². The average molecular weight is 497 g/mol. The Balaban J connectivity index is 1.68. The van der Waals surface area contributed by atoms with Crippen LogP contribution in [0.15, 0.2) is 42.5 Å². The highest BCUT2D eigenvalue weighted by molar-refractivity contribution is 7.99. The number of halogens is 3. The Kier molecular flexibility index (Phi) is 9.26. The van der Waals surface area contributed by atoms with E-state index < -0.39 is 11.9 Å². The lowest BCUT2D eigenvalue weighted by atomic mass is 10.1. The highest BCUT2D eigenvalue weighted by atomic mass is 35.5. The zero-order valence-corrected chi connectivity index (χ0v) is 20.3. The summed E-state index contributed by atoms with van der Waals surface area (Å²) in [5, 5.41) is 3.98. The molecule has 0 aliphatic heterocycles. The Bertz CT molecular complexity index is 933. The molecule has 0 unspecified atom stereocenters. The summed E-state index contributed by atoms with van der Waals surface area (Å²) in [6.07, 6.45) is 4.17. The minimum Gasteiger partial charge on any atom is -0.352 e. The molecule has 0 saturated heterocycles. The van der Waals surface area contributed by atoms with Crippen molar-refractivity contribution in [3.8, 4) is 0 Å². The number of rotatable bonds is 9. The summed E-state index contributed by atoms with van der Waals surface area (Å²) in [7, 11) is 0. The maximum absolute atomic E-state index is 14.0. The van der Waals surface area contributed by atoms with Gasteiger partial charge in [-0.25, -0.2) is 4.39 Å². The molecule has 0 radical (unpaired) electrons. The van der Waals surface area contributed by atoms with Crippen LogP contribution in [0, 0.1) is 5.82 Å². The van der Waals surface area contributed by atoms with E-state index in [0.717, 1.165) is 31.2 Å². The second-order valence-electron chi connectivity index (χ2n) is 8.01. The highest BCUT2D eigenvalue weighted by Gasteiger charge is 2.28. The Labute approximate surface area is 202 Å². The Morgan fingerprint density at radius 2 is 1.91 bits per heavy atom. The van der Waals surface area contributed by atoms with E-state index in [0.29, 0.717) is 15.6 Å². The Morgan fingerprint density at radius 3 is 2.59 bits per heavy atom. The number of nitrogens with zero attached hydrogens (tertiary/aromatic N) is 1. The third-order valence-corrected chi connectivity index (χ3v) is 7.18. The van der Waals surface area contributed by atoms with Crippen LogP contribution in [0.5, 0.6) is 0 Å². The van der Waals surface area contributed by atoms with Gasteiger partial charge in [-0.05, 0) is 49.6 Å². The van der Waals surface area contributed by atoms with Crippen LogP contribution in [0.25, 0.3) is 0 Å². The van der Waals surface area contributed by atoms with Crippen LogP contribution in [0.3, 0.4) is 0 Å².